The quantitative estimate of drug-likeness (QED) is 0.502. The lowest BCUT2D eigenvalue weighted by molar-refractivity contribution is -0.384. The summed E-state index contributed by atoms with van der Waals surface area (Å²) in [5.74, 6) is -1.48. The molecule has 1 aromatic carbocycles. The molecule has 7 nitrogen and oxygen atoms in total. The van der Waals surface area contributed by atoms with Crippen molar-refractivity contribution in [1.29, 1.82) is 0 Å². The van der Waals surface area contributed by atoms with E-state index < -0.39 is 46.5 Å². The number of amides is 1. The predicted molar refractivity (Wildman–Crippen MR) is 75.0 cm³/mol. The average molecular weight is 346 g/mol. The zero-order valence-corrected chi connectivity index (χ0v) is 12.4. The molecule has 1 aromatic rings. The van der Waals surface area contributed by atoms with Crippen molar-refractivity contribution in [3.05, 3.63) is 33.9 Å². The number of nitrogens with one attached hydrogen (secondary N) is 1. The third kappa shape index (κ3) is 4.21. The van der Waals surface area contributed by atoms with Crippen LogP contribution in [0.15, 0.2) is 18.2 Å². The number of halogens is 3. The number of carbonyl (C=O) groups is 2. The minimum atomic E-state index is -4.75. The summed E-state index contributed by atoms with van der Waals surface area (Å²) >= 11 is 0. The zero-order chi connectivity index (χ0) is 18.1. The molecule has 1 saturated carbocycles. The standard InChI is InChI=1S/C14H13F3N2O5/c1-7-4-9(7)13(21)24-6-12(20)18-10-3-2-8(14(15,16)17)5-11(10)19(22)23/h2-3,5,7,9H,4,6H2,1H3,(H,18,20)/t7-,9+/m1/s1. The minimum Gasteiger partial charge on any atom is -0.455 e. The Kier molecular flexibility index (Phi) is 4.76. The van der Waals surface area contributed by atoms with Gasteiger partial charge in [0.25, 0.3) is 11.6 Å². The van der Waals surface area contributed by atoms with Crippen LogP contribution in [0.25, 0.3) is 0 Å². The molecule has 0 heterocycles. The summed E-state index contributed by atoms with van der Waals surface area (Å²) in [7, 11) is 0. The summed E-state index contributed by atoms with van der Waals surface area (Å²) in [6, 6.07) is 1.72. The van der Waals surface area contributed by atoms with Gasteiger partial charge in [0.1, 0.15) is 5.69 Å². The number of hydrogen-bond acceptors (Lipinski definition) is 5. The largest absolute Gasteiger partial charge is 0.455 e. The van der Waals surface area contributed by atoms with E-state index in [-0.39, 0.29) is 11.8 Å². The predicted octanol–water partition coefficient (Wildman–Crippen LogP) is 2.75. The van der Waals surface area contributed by atoms with Crippen LogP contribution in [-0.4, -0.2) is 23.4 Å². The van der Waals surface area contributed by atoms with Crippen LogP contribution >= 0.6 is 0 Å². The van der Waals surface area contributed by atoms with Crippen LogP contribution in [0.4, 0.5) is 24.5 Å². The Balaban J connectivity index is 2.04. The number of carbonyl (C=O) groups excluding carboxylic acids is 2. The molecule has 1 aliphatic rings. The first kappa shape index (κ1) is 17.7. The van der Waals surface area contributed by atoms with Crippen molar-refractivity contribution in [2.24, 2.45) is 11.8 Å². The molecule has 0 unspecified atom stereocenters. The Hall–Kier alpha value is -2.65. The molecule has 0 radical (unpaired) electrons. The molecule has 1 amide bonds. The highest BCUT2D eigenvalue weighted by Crippen LogP contribution is 2.38. The van der Waals surface area contributed by atoms with Crippen LogP contribution in [0, 0.1) is 22.0 Å². The highest BCUT2D eigenvalue weighted by molar-refractivity contribution is 5.95. The maximum atomic E-state index is 12.6. The minimum absolute atomic E-state index is 0.191. The molecule has 1 N–H and O–H groups in total. The molecular weight excluding hydrogens is 333 g/mol. The van der Waals surface area contributed by atoms with Crippen molar-refractivity contribution in [2.75, 3.05) is 11.9 Å². The van der Waals surface area contributed by atoms with E-state index in [0.29, 0.717) is 18.6 Å². The Bertz CT molecular complexity index is 689. The summed E-state index contributed by atoms with van der Waals surface area (Å²) in [5, 5.41) is 13.0. The normalized spacial score (nSPS) is 19.5. The van der Waals surface area contributed by atoms with Crippen molar-refractivity contribution in [1.82, 2.24) is 0 Å². The first-order valence-corrected chi connectivity index (χ1v) is 6.91. The van der Waals surface area contributed by atoms with Crippen LogP contribution in [0.5, 0.6) is 0 Å². The molecule has 1 aliphatic carbocycles. The van der Waals surface area contributed by atoms with Crippen LogP contribution < -0.4 is 5.32 Å². The van der Waals surface area contributed by atoms with Crippen molar-refractivity contribution in [2.45, 2.75) is 19.5 Å². The van der Waals surface area contributed by atoms with Gasteiger partial charge in [-0.05, 0) is 24.5 Å². The lowest BCUT2D eigenvalue weighted by atomic mass is 10.1. The summed E-state index contributed by atoms with van der Waals surface area (Å²) < 4.78 is 42.5. The van der Waals surface area contributed by atoms with Gasteiger partial charge >= 0.3 is 12.1 Å². The Morgan fingerprint density at radius 1 is 1.42 bits per heavy atom. The molecular formula is C14H13F3N2O5. The molecule has 2 atom stereocenters. The second-order valence-electron chi connectivity index (χ2n) is 5.46. The summed E-state index contributed by atoms with van der Waals surface area (Å²) in [6.45, 7) is 1.18. The number of nitro groups is 1. The van der Waals surface area contributed by atoms with Crippen molar-refractivity contribution < 1.29 is 32.4 Å². The third-order valence-corrected chi connectivity index (χ3v) is 3.55. The van der Waals surface area contributed by atoms with E-state index in [2.05, 4.69) is 5.32 Å². The molecule has 2 rings (SSSR count). The van der Waals surface area contributed by atoms with Crippen LogP contribution in [0.2, 0.25) is 0 Å². The molecule has 0 aliphatic heterocycles. The number of benzene rings is 1. The number of nitro benzene ring substituents is 1. The fourth-order valence-corrected chi connectivity index (χ4v) is 2.05. The molecule has 10 heteroatoms. The lowest BCUT2D eigenvalue weighted by Crippen LogP contribution is -2.22. The average Bonchev–Trinajstić information content (AvgIpc) is 3.21. The number of hydrogen-bond donors (Lipinski definition) is 1. The molecule has 0 bridgehead atoms. The molecule has 1 fully saturated rings. The van der Waals surface area contributed by atoms with Gasteiger partial charge in [-0.15, -0.1) is 0 Å². The number of rotatable bonds is 5. The van der Waals surface area contributed by atoms with Crippen molar-refractivity contribution in [3.63, 3.8) is 0 Å². The number of anilines is 1. The van der Waals surface area contributed by atoms with E-state index >= 15 is 0 Å². The van der Waals surface area contributed by atoms with Gasteiger partial charge in [0.2, 0.25) is 0 Å². The number of ether oxygens (including phenoxy) is 1. The molecule has 0 spiro atoms. The van der Waals surface area contributed by atoms with Gasteiger partial charge in [0.15, 0.2) is 6.61 Å². The molecule has 0 saturated heterocycles. The van der Waals surface area contributed by atoms with E-state index in [9.17, 15) is 32.9 Å². The Labute approximate surface area is 133 Å². The maximum absolute atomic E-state index is 12.6. The maximum Gasteiger partial charge on any atom is 0.416 e. The van der Waals surface area contributed by atoms with Gasteiger partial charge in [-0.1, -0.05) is 6.92 Å². The number of esters is 1. The van der Waals surface area contributed by atoms with Gasteiger partial charge < -0.3 is 10.1 Å². The van der Waals surface area contributed by atoms with Crippen LogP contribution in [0.1, 0.15) is 18.9 Å². The smallest absolute Gasteiger partial charge is 0.416 e. The summed E-state index contributed by atoms with van der Waals surface area (Å²) in [5.41, 5.74) is -2.52. The second-order valence-corrected chi connectivity index (χ2v) is 5.46. The third-order valence-electron chi connectivity index (χ3n) is 3.55. The van der Waals surface area contributed by atoms with Crippen molar-refractivity contribution >= 4 is 23.3 Å². The van der Waals surface area contributed by atoms with E-state index in [1.807, 2.05) is 6.92 Å². The first-order valence-electron chi connectivity index (χ1n) is 6.91. The second kappa shape index (κ2) is 6.46. The SMILES string of the molecule is C[C@@H]1C[C@@H]1C(=O)OCC(=O)Nc1ccc(C(F)(F)F)cc1[N+](=O)[O-]. The summed E-state index contributed by atoms with van der Waals surface area (Å²) in [4.78, 5) is 33.0. The van der Waals surface area contributed by atoms with Gasteiger partial charge in [-0.3, -0.25) is 19.7 Å². The molecule has 0 aromatic heterocycles. The summed E-state index contributed by atoms with van der Waals surface area (Å²) in [6.07, 6.45) is -4.07. The lowest BCUT2D eigenvalue weighted by Gasteiger charge is -2.10. The molecule has 130 valence electrons. The Morgan fingerprint density at radius 3 is 2.54 bits per heavy atom. The van der Waals surface area contributed by atoms with E-state index in [1.54, 1.807) is 0 Å². The Morgan fingerprint density at radius 2 is 2.04 bits per heavy atom. The van der Waals surface area contributed by atoms with Crippen molar-refractivity contribution in [3.8, 4) is 0 Å². The fraction of sp³-hybridized carbons (Fsp3) is 0.429. The first-order chi connectivity index (χ1) is 11.1. The fourth-order valence-electron chi connectivity index (χ4n) is 2.05. The highest BCUT2D eigenvalue weighted by atomic mass is 19.4. The zero-order valence-electron chi connectivity index (χ0n) is 12.4. The monoisotopic (exact) mass is 346 g/mol. The number of nitrogens with zero attached hydrogens (tertiary/aromatic N) is 1. The van der Waals surface area contributed by atoms with E-state index in [0.717, 1.165) is 6.07 Å². The van der Waals surface area contributed by atoms with Gasteiger partial charge in [0.05, 0.1) is 16.4 Å². The topological polar surface area (TPSA) is 98.5 Å². The van der Waals surface area contributed by atoms with Gasteiger partial charge in [0, 0.05) is 6.07 Å². The van der Waals surface area contributed by atoms with E-state index in [4.69, 9.17) is 4.74 Å². The highest BCUT2D eigenvalue weighted by Gasteiger charge is 2.40. The number of alkyl halides is 3. The van der Waals surface area contributed by atoms with Gasteiger partial charge in [-0.25, -0.2) is 0 Å². The van der Waals surface area contributed by atoms with Gasteiger partial charge in [-0.2, -0.15) is 13.2 Å². The molecule has 24 heavy (non-hydrogen) atoms. The van der Waals surface area contributed by atoms with E-state index in [1.165, 1.54) is 0 Å². The van der Waals surface area contributed by atoms with Crippen LogP contribution in [0.3, 0.4) is 0 Å². The van der Waals surface area contributed by atoms with Crippen LogP contribution in [-0.2, 0) is 20.5 Å².